The molecular weight excluding hydrogens is 320 g/mol. The Hall–Kier alpha value is -0.790. The molecule has 2 saturated carbocycles. The van der Waals surface area contributed by atoms with E-state index >= 15 is 0 Å². The van der Waals surface area contributed by atoms with E-state index in [1.54, 1.807) is 0 Å². The molecule has 0 heterocycles. The zero-order valence-corrected chi connectivity index (χ0v) is 17.0. The standard InChI is InChI=1S/C24H42O2/c1-20(24(25)26)23(21-16-12-8-4-2-5-9-13-17-21)22-18-14-10-6-3-7-11-15-19-22/h21-23H,1-19H2,(H,25,26). The smallest absolute Gasteiger partial charge is 0.331 e. The molecule has 26 heavy (non-hydrogen) atoms. The number of hydrogen-bond acceptors (Lipinski definition) is 1. The number of hydrogen-bond donors (Lipinski definition) is 1. The first kappa shape index (κ1) is 21.5. The maximum absolute atomic E-state index is 11.9. The Bertz CT molecular complexity index is 368. The van der Waals surface area contributed by atoms with E-state index in [0.717, 1.165) is 0 Å². The summed E-state index contributed by atoms with van der Waals surface area (Å²) in [6.07, 6.45) is 23.5. The second kappa shape index (κ2) is 12.6. The van der Waals surface area contributed by atoms with Crippen LogP contribution in [0, 0.1) is 17.8 Å². The molecule has 0 aromatic rings. The zero-order valence-electron chi connectivity index (χ0n) is 17.0. The van der Waals surface area contributed by atoms with Gasteiger partial charge in [0.1, 0.15) is 0 Å². The van der Waals surface area contributed by atoms with Crippen LogP contribution in [0.4, 0.5) is 0 Å². The Morgan fingerprint density at radius 2 is 0.885 bits per heavy atom. The maximum atomic E-state index is 11.9. The van der Waals surface area contributed by atoms with Crippen LogP contribution in [0.1, 0.15) is 116 Å². The summed E-state index contributed by atoms with van der Waals surface area (Å²) in [5, 5.41) is 9.77. The maximum Gasteiger partial charge on any atom is 0.331 e. The SMILES string of the molecule is C=C(C(=O)O)C(C1CCCCCCCCC1)C1CCCCCCCCC1. The molecule has 0 radical (unpaired) electrons. The molecule has 0 aromatic carbocycles. The Labute approximate surface area is 161 Å². The van der Waals surface area contributed by atoms with Gasteiger partial charge in [0.05, 0.1) is 0 Å². The van der Waals surface area contributed by atoms with Crippen molar-refractivity contribution in [3.05, 3.63) is 12.2 Å². The van der Waals surface area contributed by atoms with Crippen LogP contribution in [0.25, 0.3) is 0 Å². The molecule has 0 amide bonds. The van der Waals surface area contributed by atoms with Gasteiger partial charge in [-0.2, -0.15) is 0 Å². The van der Waals surface area contributed by atoms with Gasteiger partial charge in [-0.15, -0.1) is 0 Å². The number of carboxylic acids is 1. The first-order valence-corrected chi connectivity index (χ1v) is 11.6. The fourth-order valence-electron chi connectivity index (χ4n) is 5.50. The summed E-state index contributed by atoms with van der Waals surface area (Å²) in [5.41, 5.74) is 0.522. The molecule has 0 atom stereocenters. The lowest BCUT2D eigenvalue weighted by molar-refractivity contribution is -0.133. The van der Waals surface area contributed by atoms with Crippen LogP contribution in [0.5, 0.6) is 0 Å². The van der Waals surface area contributed by atoms with Crippen LogP contribution in [-0.2, 0) is 4.79 Å². The van der Waals surface area contributed by atoms with Gasteiger partial charge in [-0.3, -0.25) is 0 Å². The fraction of sp³-hybridized carbons (Fsp3) is 0.875. The van der Waals surface area contributed by atoms with Crippen molar-refractivity contribution < 1.29 is 9.90 Å². The molecule has 0 bridgehead atoms. The van der Waals surface area contributed by atoms with E-state index in [1.165, 1.54) is 116 Å². The van der Waals surface area contributed by atoms with Gasteiger partial charge in [0.15, 0.2) is 0 Å². The quantitative estimate of drug-likeness (QED) is 0.525. The second-order valence-electron chi connectivity index (χ2n) is 8.98. The van der Waals surface area contributed by atoms with Crippen molar-refractivity contribution in [2.75, 3.05) is 0 Å². The summed E-state index contributed by atoms with van der Waals surface area (Å²) in [5.74, 6) is 0.560. The second-order valence-corrected chi connectivity index (χ2v) is 8.98. The van der Waals surface area contributed by atoms with Crippen molar-refractivity contribution in [2.24, 2.45) is 17.8 Å². The minimum absolute atomic E-state index is 0.214. The zero-order chi connectivity index (χ0) is 18.6. The molecule has 0 aromatic heterocycles. The molecule has 2 nitrogen and oxygen atoms in total. The Morgan fingerprint density at radius 1 is 0.615 bits per heavy atom. The summed E-state index contributed by atoms with van der Waals surface area (Å²) >= 11 is 0. The Morgan fingerprint density at radius 3 is 1.15 bits per heavy atom. The Kier molecular flexibility index (Phi) is 10.4. The van der Waals surface area contributed by atoms with Gasteiger partial charge in [0, 0.05) is 5.57 Å². The summed E-state index contributed by atoms with van der Waals surface area (Å²) in [4.78, 5) is 11.9. The highest BCUT2D eigenvalue weighted by molar-refractivity contribution is 5.86. The van der Waals surface area contributed by atoms with E-state index in [0.29, 0.717) is 17.4 Å². The molecule has 1 N–H and O–H groups in total. The number of rotatable bonds is 4. The third-order valence-electron chi connectivity index (χ3n) is 6.99. The lowest BCUT2D eigenvalue weighted by Gasteiger charge is -2.35. The molecule has 150 valence electrons. The van der Waals surface area contributed by atoms with E-state index in [9.17, 15) is 9.90 Å². The topological polar surface area (TPSA) is 37.3 Å². The highest BCUT2D eigenvalue weighted by Gasteiger charge is 2.33. The van der Waals surface area contributed by atoms with Gasteiger partial charge >= 0.3 is 5.97 Å². The first-order valence-electron chi connectivity index (χ1n) is 11.6. The van der Waals surface area contributed by atoms with Crippen molar-refractivity contribution in [1.82, 2.24) is 0 Å². The average Bonchev–Trinajstić information content (AvgIpc) is 2.65. The molecule has 2 aliphatic carbocycles. The first-order chi connectivity index (χ1) is 12.7. The molecule has 0 saturated heterocycles. The molecule has 0 aliphatic heterocycles. The van der Waals surface area contributed by atoms with Gasteiger partial charge in [-0.1, -0.05) is 96.5 Å². The summed E-state index contributed by atoms with van der Waals surface area (Å²) in [6.45, 7) is 4.10. The fourth-order valence-corrected chi connectivity index (χ4v) is 5.50. The molecule has 2 rings (SSSR count). The van der Waals surface area contributed by atoms with Crippen molar-refractivity contribution in [3.8, 4) is 0 Å². The molecule has 2 fully saturated rings. The molecule has 0 unspecified atom stereocenters. The van der Waals surface area contributed by atoms with Crippen molar-refractivity contribution in [3.63, 3.8) is 0 Å². The molecular formula is C24H42O2. The minimum Gasteiger partial charge on any atom is -0.478 e. The van der Waals surface area contributed by atoms with Crippen LogP contribution in [0.3, 0.4) is 0 Å². The monoisotopic (exact) mass is 362 g/mol. The van der Waals surface area contributed by atoms with Crippen molar-refractivity contribution in [1.29, 1.82) is 0 Å². The Balaban J connectivity index is 2.12. The van der Waals surface area contributed by atoms with E-state index in [-0.39, 0.29) is 5.92 Å². The summed E-state index contributed by atoms with van der Waals surface area (Å²) in [6, 6.07) is 0. The third kappa shape index (κ3) is 7.45. The van der Waals surface area contributed by atoms with Gasteiger partial charge < -0.3 is 5.11 Å². The van der Waals surface area contributed by atoms with E-state index in [2.05, 4.69) is 6.58 Å². The van der Waals surface area contributed by atoms with Gasteiger partial charge in [-0.25, -0.2) is 4.79 Å². The van der Waals surface area contributed by atoms with Crippen LogP contribution in [-0.4, -0.2) is 11.1 Å². The van der Waals surface area contributed by atoms with Crippen molar-refractivity contribution in [2.45, 2.75) is 116 Å². The molecule has 2 heteroatoms. The number of aliphatic carboxylic acids is 1. The number of carboxylic acid groups (broad SMARTS) is 1. The van der Waals surface area contributed by atoms with E-state index in [1.807, 2.05) is 0 Å². The summed E-state index contributed by atoms with van der Waals surface area (Å²) in [7, 11) is 0. The van der Waals surface area contributed by atoms with Crippen molar-refractivity contribution >= 4 is 5.97 Å². The molecule has 0 spiro atoms. The highest BCUT2D eigenvalue weighted by atomic mass is 16.4. The average molecular weight is 363 g/mol. The summed E-state index contributed by atoms with van der Waals surface area (Å²) < 4.78 is 0. The van der Waals surface area contributed by atoms with Crippen LogP contribution >= 0.6 is 0 Å². The lowest BCUT2D eigenvalue weighted by atomic mass is 9.69. The van der Waals surface area contributed by atoms with Crippen LogP contribution in [0.15, 0.2) is 12.2 Å². The lowest BCUT2D eigenvalue weighted by Crippen LogP contribution is -2.29. The van der Waals surface area contributed by atoms with Gasteiger partial charge in [0.25, 0.3) is 0 Å². The predicted molar refractivity (Wildman–Crippen MR) is 110 cm³/mol. The van der Waals surface area contributed by atoms with Gasteiger partial charge in [0.2, 0.25) is 0 Å². The van der Waals surface area contributed by atoms with Crippen LogP contribution < -0.4 is 0 Å². The third-order valence-corrected chi connectivity index (χ3v) is 6.99. The largest absolute Gasteiger partial charge is 0.478 e. The van der Waals surface area contributed by atoms with Gasteiger partial charge in [-0.05, 0) is 43.4 Å². The molecule has 2 aliphatic rings. The predicted octanol–water partition coefficient (Wildman–Crippen LogP) is 7.52. The normalized spacial score (nSPS) is 23.4. The number of carbonyl (C=O) groups is 1. The minimum atomic E-state index is -0.746. The van der Waals surface area contributed by atoms with Crippen LogP contribution in [0.2, 0.25) is 0 Å². The van der Waals surface area contributed by atoms with E-state index < -0.39 is 5.97 Å². The highest BCUT2D eigenvalue weighted by Crippen LogP contribution is 2.40. The van der Waals surface area contributed by atoms with E-state index in [4.69, 9.17) is 0 Å².